The molecule has 0 aliphatic rings. The Morgan fingerprint density at radius 2 is 1.03 bits per heavy atom. The van der Waals surface area contributed by atoms with Crippen LogP contribution in [0.3, 0.4) is 0 Å². The van der Waals surface area contributed by atoms with Gasteiger partial charge >= 0.3 is 0 Å². The number of primary amides is 3. The van der Waals surface area contributed by atoms with Gasteiger partial charge < -0.3 is 17.2 Å². The van der Waals surface area contributed by atoms with E-state index < -0.39 is 70.2 Å². The summed E-state index contributed by atoms with van der Waals surface area (Å²) in [6.45, 7) is 8.00. The summed E-state index contributed by atoms with van der Waals surface area (Å²) in [4.78, 5) is 39.3. The molecule has 3 rings (SSSR count). The maximum atomic E-state index is 12.5. The van der Waals surface area contributed by atoms with E-state index in [1.807, 2.05) is 27.7 Å². The van der Waals surface area contributed by atoms with Crippen LogP contribution in [0.25, 0.3) is 0 Å². The molecule has 3 aromatic rings. The quantitative estimate of drug-likeness (QED) is 0.332. The van der Waals surface area contributed by atoms with Gasteiger partial charge in [-0.25, -0.2) is 13.8 Å². The van der Waals surface area contributed by atoms with E-state index in [1.165, 1.54) is 0 Å². The predicted octanol–water partition coefficient (Wildman–Crippen LogP) is 3.57. The highest BCUT2D eigenvalue weighted by Crippen LogP contribution is 2.10. The summed E-state index contributed by atoms with van der Waals surface area (Å²) in [7, 11) is 0. The van der Waals surface area contributed by atoms with Crippen LogP contribution in [0.4, 0.5) is 30.7 Å². The second kappa shape index (κ2) is 17.7. The Bertz CT molecular complexity index is 1230. The van der Waals surface area contributed by atoms with Crippen molar-refractivity contribution in [2.45, 2.75) is 27.7 Å². The standard InChI is InChI=1S/C6H3F3N2O.2C6H4F2N2O.2C2H6/c7-3-1-2(6(10)12)4(8)5(9)11-3;7-4-2-10-5(8)1-3(4)6(9)11;7-4-1-3(6(9)11)2-5(8)10-4;2*1-2/h1H,(H2,10,12);2*1-2H,(H2,9,11);2*1-2H3. The molecule has 3 amide bonds. The zero-order chi connectivity index (χ0) is 30.2. The second-order valence-corrected chi connectivity index (χ2v) is 5.68. The van der Waals surface area contributed by atoms with Crippen LogP contribution < -0.4 is 17.2 Å². The fourth-order valence-corrected chi connectivity index (χ4v) is 1.86. The van der Waals surface area contributed by atoms with Crippen LogP contribution in [0.2, 0.25) is 0 Å². The van der Waals surface area contributed by atoms with Crippen molar-refractivity contribution in [1.29, 1.82) is 0 Å². The Kier molecular flexibility index (Phi) is 16.6. The van der Waals surface area contributed by atoms with Crippen molar-refractivity contribution < 1.29 is 45.1 Å². The highest BCUT2D eigenvalue weighted by atomic mass is 19.2. The number of hydrogen-bond donors (Lipinski definition) is 3. The third kappa shape index (κ3) is 12.4. The Balaban J connectivity index is 0. The first kappa shape index (κ1) is 35.5. The Morgan fingerprint density at radius 1 is 0.605 bits per heavy atom. The fraction of sp³-hybridized carbons (Fsp3) is 0.182. The second-order valence-electron chi connectivity index (χ2n) is 5.68. The van der Waals surface area contributed by atoms with E-state index in [0.717, 1.165) is 12.1 Å². The lowest BCUT2D eigenvalue weighted by atomic mass is 10.2. The molecular weight excluding hydrogens is 529 g/mol. The van der Waals surface area contributed by atoms with Gasteiger partial charge in [0.15, 0.2) is 11.6 Å². The van der Waals surface area contributed by atoms with Crippen LogP contribution in [0.15, 0.2) is 30.5 Å². The van der Waals surface area contributed by atoms with Gasteiger partial charge in [0.2, 0.25) is 29.7 Å². The van der Waals surface area contributed by atoms with Gasteiger partial charge in [0, 0.05) is 29.8 Å². The van der Waals surface area contributed by atoms with Crippen LogP contribution in [0.5, 0.6) is 0 Å². The predicted molar refractivity (Wildman–Crippen MR) is 121 cm³/mol. The van der Waals surface area contributed by atoms with Crippen LogP contribution >= 0.6 is 0 Å². The summed E-state index contributed by atoms with van der Waals surface area (Å²) < 4.78 is 86.2. The maximum Gasteiger partial charge on any atom is 0.252 e. The first-order valence-electron chi connectivity index (χ1n) is 10.3. The largest absolute Gasteiger partial charge is 0.366 e. The van der Waals surface area contributed by atoms with Crippen LogP contribution in [-0.4, -0.2) is 32.7 Å². The molecule has 38 heavy (non-hydrogen) atoms. The topological polar surface area (TPSA) is 168 Å². The van der Waals surface area contributed by atoms with Gasteiger partial charge in [0.05, 0.1) is 17.3 Å². The lowest BCUT2D eigenvalue weighted by Gasteiger charge is -1.97. The number of nitrogens with two attached hydrogens (primary N) is 3. The number of halogens is 7. The molecule has 0 unspecified atom stereocenters. The highest BCUT2D eigenvalue weighted by Gasteiger charge is 2.16. The SMILES string of the molecule is CC.CC.NC(=O)c1cc(F)nc(F)c1.NC(=O)c1cc(F)nc(F)c1F.NC(=O)c1cc(F)ncc1F. The molecule has 3 aromatic heterocycles. The number of carbonyl (C=O) groups excluding carboxylic acids is 3. The van der Waals surface area contributed by atoms with Gasteiger partial charge in [-0.2, -0.15) is 31.9 Å². The molecule has 0 saturated carbocycles. The van der Waals surface area contributed by atoms with Gasteiger partial charge in [-0.3, -0.25) is 14.4 Å². The van der Waals surface area contributed by atoms with Crippen molar-refractivity contribution in [3.05, 3.63) is 88.5 Å². The van der Waals surface area contributed by atoms with Gasteiger partial charge in [0.25, 0.3) is 17.8 Å². The number of carbonyl (C=O) groups is 3. The number of amides is 3. The van der Waals surface area contributed by atoms with Crippen LogP contribution in [0, 0.1) is 41.4 Å². The zero-order valence-electron chi connectivity index (χ0n) is 20.3. The molecular formula is C22H23F7N6O3. The molecule has 6 N–H and O–H groups in total. The molecule has 208 valence electrons. The first-order chi connectivity index (χ1) is 17.7. The third-order valence-electron chi connectivity index (χ3n) is 3.29. The zero-order valence-corrected chi connectivity index (χ0v) is 20.3. The van der Waals surface area contributed by atoms with Crippen molar-refractivity contribution in [1.82, 2.24) is 15.0 Å². The Labute approximate surface area is 211 Å². The monoisotopic (exact) mass is 552 g/mol. The summed E-state index contributed by atoms with van der Waals surface area (Å²) in [5.41, 5.74) is 12.5. The minimum Gasteiger partial charge on any atom is -0.366 e. The Morgan fingerprint density at radius 3 is 1.42 bits per heavy atom. The molecule has 0 radical (unpaired) electrons. The maximum absolute atomic E-state index is 12.5. The van der Waals surface area contributed by atoms with Crippen molar-refractivity contribution in [3.8, 4) is 0 Å². The van der Waals surface area contributed by atoms with Crippen molar-refractivity contribution in [2.75, 3.05) is 0 Å². The summed E-state index contributed by atoms with van der Waals surface area (Å²) >= 11 is 0. The average Bonchev–Trinajstić information content (AvgIpc) is 2.85. The summed E-state index contributed by atoms with van der Waals surface area (Å²) in [6.07, 6.45) is 0.607. The molecule has 0 atom stereocenters. The molecule has 0 aromatic carbocycles. The highest BCUT2D eigenvalue weighted by molar-refractivity contribution is 5.93. The van der Waals surface area contributed by atoms with E-state index in [1.54, 1.807) is 0 Å². The van der Waals surface area contributed by atoms with Crippen molar-refractivity contribution in [2.24, 2.45) is 17.2 Å². The van der Waals surface area contributed by atoms with E-state index in [2.05, 4.69) is 20.7 Å². The normalized spacial score (nSPS) is 9.03. The molecule has 0 fully saturated rings. The van der Waals surface area contributed by atoms with E-state index in [9.17, 15) is 45.1 Å². The van der Waals surface area contributed by atoms with Gasteiger partial charge in [-0.15, -0.1) is 0 Å². The molecule has 0 bridgehead atoms. The summed E-state index contributed by atoms with van der Waals surface area (Å²) in [5, 5.41) is 0. The molecule has 9 nitrogen and oxygen atoms in total. The smallest absolute Gasteiger partial charge is 0.252 e. The molecule has 0 aliphatic heterocycles. The van der Waals surface area contributed by atoms with Crippen molar-refractivity contribution in [3.63, 3.8) is 0 Å². The number of hydrogen-bond acceptors (Lipinski definition) is 6. The van der Waals surface area contributed by atoms with Crippen molar-refractivity contribution >= 4 is 17.7 Å². The third-order valence-corrected chi connectivity index (χ3v) is 3.29. The summed E-state index contributed by atoms with van der Waals surface area (Å²) in [5.74, 6) is -11.6. The summed E-state index contributed by atoms with van der Waals surface area (Å²) in [6, 6.07) is 2.62. The minimum atomic E-state index is -1.68. The van der Waals surface area contributed by atoms with E-state index in [0.29, 0.717) is 18.3 Å². The number of aromatic nitrogens is 3. The van der Waals surface area contributed by atoms with Gasteiger partial charge in [0.1, 0.15) is 0 Å². The molecule has 0 aliphatic carbocycles. The molecule has 16 heteroatoms. The van der Waals surface area contributed by atoms with E-state index in [4.69, 9.17) is 11.5 Å². The van der Waals surface area contributed by atoms with Crippen LogP contribution in [0.1, 0.15) is 58.8 Å². The molecule has 0 spiro atoms. The van der Waals surface area contributed by atoms with Crippen LogP contribution in [-0.2, 0) is 0 Å². The molecule has 3 heterocycles. The number of nitrogens with zero attached hydrogens (tertiary/aromatic N) is 3. The Hall–Kier alpha value is -4.63. The number of rotatable bonds is 3. The van der Waals surface area contributed by atoms with Gasteiger partial charge in [-0.05, 0) is 0 Å². The first-order valence-corrected chi connectivity index (χ1v) is 10.3. The lowest BCUT2D eigenvalue weighted by molar-refractivity contribution is 0.0986. The lowest BCUT2D eigenvalue weighted by Crippen LogP contribution is -2.15. The van der Waals surface area contributed by atoms with E-state index in [-0.39, 0.29) is 5.56 Å². The fourth-order valence-electron chi connectivity index (χ4n) is 1.86. The molecule has 0 saturated heterocycles. The van der Waals surface area contributed by atoms with E-state index >= 15 is 0 Å². The minimum absolute atomic E-state index is 0.227. The van der Waals surface area contributed by atoms with Gasteiger partial charge in [-0.1, -0.05) is 27.7 Å². The average molecular weight is 552 g/mol. The number of pyridine rings is 3.